The van der Waals surface area contributed by atoms with Gasteiger partial charge in [-0.05, 0) is 43.4 Å². The zero-order valence-corrected chi connectivity index (χ0v) is 12.1. The van der Waals surface area contributed by atoms with Crippen LogP contribution in [0.25, 0.3) is 0 Å². The number of rotatable bonds is 3. The summed E-state index contributed by atoms with van der Waals surface area (Å²) < 4.78 is 0. The van der Waals surface area contributed by atoms with Crippen LogP contribution in [0.15, 0.2) is 12.2 Å². The molecule has 0 aromatic rings. The zero-order valence-electron chi connectivity index (χ0n) is 12.1. The molecule has 2 nitrogen and oxygen atoms in total. The van der Waals surface area contributed by atoms with Crippen molar-refractivity contribution in [1.29, 1.82) is 0 Å². The van der Waals surface area contributed by atoms with E-state index in [0.717, 1.165) is 23.8 Å². The van der Waals surface area contributed by atoms with Gasteiger partial charge in [-0.25, -0.2) is 0 Å². The summed E-state index contributed by atoms with van der Waals surface area (Å²) in [6.45, 7) is 6.70. The predicted molar refractivity (Wildman–Crippen MR) is 79.1 cm³/mol. The van der Waals surface area contributed by atoms with Gasteiger partial charge in [-0.15, -0.1) is 0 Å². The molecular weight excluding hydrogens is 232 g/mol. The second-order valence-corrected chi connectivity index (χ2v) is 7.32. The summed E-state index contributed by atoms with van der Waals surface area (Å²) in [6, 6.07) is 0.938. The minimum Gasteiger partial charge on any atom is -0.300 e. The first kappa shape index (κ1) is 12.4. The average molecular weight is 260 g/mol. The van der Waals surface area contributed by atoms with E-state index in [1.165, 1.54) is 71.2 Å². The molecule has 2 saturated carbocycles. The lowest BCUT2D eigenvalue weighted by atomic mass is 9.93. The van der Waals surface area contributed by atoms with Gasteiger partial charge in [-0.2, -0.15) is 0 Å². The standard InChI is InChI=1S/C17H28N2/c1-2-4-17(3-1)19-9-7-18(8-10-19)13-16-12-14-5-6-15(16)11-14/h5-6,14-17H,1-4,7-13H2/t14-,15-,16+/m0/s1. The number of allylic oxidation sites excluding steroid dienone is 2. The van der Waals surface area contributed by atoms with Crippen molar-refractivity contribution < 1.29 is 0 Å². The van der Waals surface area contributed by atoms with E-state index in [1.807, 2.05) is 0 Å². The zero-order chi connectivity index (χ0) is 12.7. The van der Waals surface area contributed by atoms with Gasteiger partial charge in [0.05, 0.1) is 0 Å². The number of hydrogen-bond acceptors (Lipinski definition) is 2. The van der Waals surface area contributed by atoms with Crippen LogP contribution in [0, 0.1) is 17.8 Å². The van der Waals surface area contributed by atoms with Crippen LogP contribution in [0.5, 0.6) is 0 Å². The van der Waals surface area contributed by atoms with E-state index >= 15 is 0 Å². The quantitative estimate of drug-likeness (QED) is 0.720. The van der Waals surface area contributed by atoms with E-state index in [1.54, 1.807) is 0 Å². The second kappa shape index (κ2) is 5.21. The van der Waals surface area contributed by atoms with Gasteiger partial charge in [0.2, 0.25) is 0 Å². The fourth-order valence-corrected chi connectivity index (χ4v) is 5.02. The van der Waals surface area contributed by atoms with Crippen molar-refractivity contribution in [3.05, 3.63) is 12.2 Å². The lowest BCUT2D eigenvalue weighted by Crippen LogP contribution is -2.50. The first-order valence-corrected chi connectivity index (χ1v) is 8.53. The molecule has 19 heavy (non-hydrogen) atoms. The smallest absolute Gasteiger partial charge is 0.0113 e. The molecule has 3 atom stereocenters. The Labute approximate surface area is 117 Å². The molecular formula is C17H28N2. The molecule has 106 valence electrons. The van der Waals surface area contributed by atoms with Crippen molar-refractivity contribution in [1.82, 2.24) is 9.80 Å². The van der Waals surface area contributed by atoms with E-state index in [9.17, 15) is 0 Å². The molecule has 2 heteroatoms. The summed E-state index contributed by atoms with van der Waals surface area (Å²) in [7, 11) is 0. The van der Waals surface area contributed by atoms with E-state index < -0.39 is 0 Å². The Morgan fingerprint density at radius 2 is 1.68 bits per heavy atom. The molecule has 0 N–H and O–H groups in total. The van der Waals surface area contributed by atoms with Crippen molar-refractivity contribution in [3.8, 4) is 0 Å². The summed E-state index contributed by atoms with van der Waals surface area (Å²) in [6.07, 6.45) is 13.8. The Hall–Kier alpha value is -0.340. The summed E-state index contributed by atoms with van der Waals surface area (Å²) >= 11 is 0. The van der Waals surface area contributed by atoms with Gasteiger partial charge in [0.15, 0.2) is 0 Å². The van der Waals surface area contributed by atoms with Crippen molar-refractivity contribution >= 4 is 0 Å². The maximum absolute atomic E-state index is 2.78. The van der Waals surface area contributed by atoms with E-state index in [-0.39, 0.29) is 0 Å². The first-order chi connectivity index (χ1) is 9.38. The topological polar surface area (TPSA) is 6.48 Å². The molecule has 1 heterocycles. The second-order valence-electron chi connectivity index (χ2n) is 7.32. The largest absolute Gasteiger partial charge is 0.300 e. The molecule has 0 amide bonds. The molecule has 0 spiro atoms. The third-order valence-corrected chi connectivity index (χ3v) is 6.16. The van der Waals surface area contributed by atoms with Crippen LogP contribution in [-0.2, 0) is 0 Å². The Morgan fingerprint density at radius 3 is 2.32 bits per heavy atom. The molecule has 4 aliphatic rings. The Bertz CT molecular complexity index is 337. The molecule has 1 aliphatic heterocycles. The van der Waals surface area contributed by atoms with Gasteiger partial charge >= 0.3 is 0 Å². The number of piperazine rings is 1. The van der Waals surface area contributed by atoms with Crippen LogP contribution in [-0.4, -0.2) is 48.6 Å². The predicted octanol–water partition coefficient (Wildman–Crippen LogP) is 2.76. The van der Waals surface area contributed by atoms with E-state index in [4.69, 9.17) is 0 Å². The summed E-state index contributed by atoms with van der Waals surface area (Å²) in [4.78, 5) is 5.54. The fourth-order valence-electron chi connectivity index (χ4n) is 5.02. The highest BCUT2D eigenvalue weighted by Crippen LogP contribution is 2.43. The summed E-state index contributed by atoms with van der Waals surface area (Å²) in [5.74, 6) is 2.85. The molecule has 0 aromatic heterocycles. The maximum atomic E-state index is 2.78. The summed E-state index contributed by atoms with van der Waals surface area (Å²) in [5.41, 5.74) is 0. The summed E-state index contributed by atoms with van der Waals surface area (Å²) in [5, 5.41) is 0. The maximum Gasteiger partial charge on any atom is 0.0113 e. The number of nitrogens with zero attached hydrogens (tertiary/aromatic N) is 2. The molecule has 0 aromatic carbocycles. The van der Waals surface area contributed by atoms with Crippen molar-refractivity contribution in [2.24, 2.45) is 17.8 Å². The third-order valence-electron chi connectivity index (χ3n) is 6.16. The Balaban J connectivity index is 1.25. The fraction of sp³-hybridized carbons (Fsp3) is 0.882. The van der Waals surface area contributed by atoms with Gasteiger partial charge in [0.25, 0.3) is 0 Å². The molecule has 3 fully saturated rings. The van der Waals surface area contributed by atoms with Gasteiger partial charge in [0.1, 0.15) is 0 Å². The molecule has 0 radical (unpaired) electrons. The molecule has 4 rings (SSSR count). The third kappa shape index (κ3) is 2.50. The van der Waals surface area contributed by atoms with Gasteiger partial charge < -0.3 is 4.90 Å². The van der Waals surface area contributed by atoms with Crippen molar-refractivity contribution in [3.63, 3.8) is 0 Å². The highest BCUT2D eigenvalue weighted by atomic mass is 15.3. The lowest BCUT2D eigenvalue weighted by molar-refractivity contribution is 0.0845. The highest BCUT2D eigenvalue weighted by Gasteiger charge is 2.37. The van der Waals surface area contributed by atoms with Crippen molar-refractivity contribution in [2.45, 2.75) is 44.6 Å². The molecule has 0 unspecified atom stereocenters. The normalized spacial score (nSPS) is 40.5. The highest BCUT2D eigenvalue weighted by molar-refractivity contribution is 5.10. The minimum absolute atomic E-state index is 0.929. The lowest BCUT2D eigenvalue weighted by Gasteiger charge is -2.39. The van der Waals surface area contributed by atoms with Crippen LogP contribution in [0.1, 0.15) is 38.5 Å². The van der Waals surface area contributed by atoms with Crippen LogP contribution in [0.4, 0.5) is 0 Å². The number of hydrogen-bond donors (Lipinski definition) is 0. The first-order valence-electron chi connectivity index (χ1n) is 8.53. The van der Waals surface area contributed by atoms with Crippen LogP contribution in [0.2, 0.25) is 0 Å². The van der Waals surface area contributed by atoms with Crippen LogP contribution >= 0.6 is 0 Å². The average Bonchev–Trinajstić information content (AvgIpc) is 3.17. The van der Waals surface area contributed by atoms with Gasteiger partial charge in [0, 0.05) is 38.8 Å². The van der Waals surface area contributed by atoms with Crippen molar-refractivity contribution in [2.75, 3.05) is 32.7 Å². The SMILES string of the molecule is C1=C[C@H]2C[C@H]1C[C@@H]2CN1CCN(C2CCCC2)CC1. The van der Waals surface area contributed by atoms with Gasteiger partial charge in [-0.1, -0.05) is 25.0 Å². The minimum atomic E-state index is 0.929. The molecule has 3 aliphatic carbocycles. The van der Waals surface area contributed by atoms with Crippen LogP contribution in [0.3, 0.4) is 0 Å². The molecule has 1 saturated heterocycles. The van der Waals surface area contributed by atoms with E-state index in [0.29, 0.717) is 0 Å². The van der Waals surface area contributed by atoms with Gasteiger partial charge in [-0.3, -0.25) is 4.90 Å². The van der Waals surface area contributed by atoms with Crippen LogP contribution < -0.4 is 0 Å². The Kier molecular flexibility index (Phi) is 3.40. The Morgan fingerprint density at radius 1 is 0.895 bits per heavy atom. The number of fused-ring (bicyclic) bond motifs is 2. The monoisotopic (exact) mass is 260 g/mol. The van der Waals surface area contributed by atoms with E-state index in [2.05, 4.69) is 22.0 Å². The molecule has 2 bridgehead atoms.